The van der Waals surface area contributed by atoms with Crippen LogP contribution in [-0.2, 0) is 10.8 Å². The summed E-state index contributed by atoms with van der Waals surface area (Å²) in [6, 6.07) is 22.5. The molecule has 0 radical (unpaired) electrons. The molecule has 22 heavy (non-hydrogen) atoms. The lowest BCUT2D eigenvalue weighted by molar-refractivity contribution is 0.687. The second kappa shape index (κ2) is 5.11. The molecule has 1 N–H and O–H groups in total. The third-order valence-corrected chi connectivity index (χ3v) is 4.99. The Balaban J connectivity index is 2.14. The van der Waals surface area contributed by atoms with Crippen LogP contribution in [-0.4, -0.2) is 15.4 Å². The van der Waals surface area contributed by atoms with Crippen LogP contribution < -0.4 is 0 Å². The van der Waals surface area contributed by atoms with Crippen molar-refractivity contribution in [3.63, 3.8) is 0 Å². The Morgan fingerprint density at radius 1 is 0.773 bits per heavy atom. The van der Waals surface area contributed by atoms with Crippen LogP contribution in [0.5, 0.6) is 0 Å². The predicted octanol–water partition coefficient (Wildman–Crippen LogP) is 4.73. The standard InChI is InChI=1S/C19H15NOS/c1-22(21)18-12-5-3-7-13(18)14-9-6-11-17-19(14)15-8-2-4-10-16(15)20-17/h2-12,20H,1H3. The molecule has 1 atom stereocenters. The lowest BCUT2D eigenvalue weighted by Gasteiger charge is -2.09. The summed E-state index contributed by atoms with van der Waals surface area (Å²) >= 11 is 0. The van der Waals surface area contributed by atoms with Crippen molar-refractivity contribution < 1.29 is 4.21 Å². The fourth-order valence-electron chi connectivity index (χ4n) is 3.07. The van der Waals surface area contributed by atoms with E-state index < -0.39 is 10.8 Å². The zero-order valence-corrected chi connectivity index (χ0v) is 13.0. The highest BCUT2D eigenvalue weighted by Gasteiger charge is 2.13. The zero-order chi connectivity index (χ0) is 15.1. The molecule has 4 rings (SSSR count). The maximum atomic E-state index is 12.1. The molecule has 1 heterocycles. The van der Waals surface area contributed by atoms with E-state index in [-0.39, 0.29) is 0 Å². The van der Waals surface area contributed by atoms with Gasteiger partial charge < -0.3 is 4.98 Å². The first kappa shape index (κ1) is 13.3. The van der Waals surface area contributed by atoms with Gasteiger partial charge in [-0.2, -0.15) is 0 Å². The number of hydrogen-bond acceptors (Lipinski definition) is 1. The number of rotatable bonds is 2. The molecular weight excluding hydrogens is 290 g/mol. The molecule has 108 valence electrons. The summed E-state index contributed by atoms with van der Waals surface area (Å²) < 4.78 is 12.1. The van der Waals surface area contributed by atoms with Gasteiger partial charge in [0.1, 0.15) is 0 Å². The summed E-state index contributed by atoms with van der Waals surface area (Å²) in [5, 5.41) is 2.39. The third-order valence-electron chi connectivity index (χ3n) is 4.02. The van der Waals surface area contributed by atoms with Gasteiger partial charge in [-0.15, -0.1) is 0 Å². The molecule has 4 aromatic rings. The van der Waals surface area contributed by atoms with E-state index in [1.54, 1.807) is 6.26 Å². The Hall–Kier alpha value is -2.39. The van der Waals surface area contributed by atoms with Crippen molar-refractivity contribution in [2.24, 2.45) is 0 Å². The minimum Gasteiger partial charge on any atom is -0.354 e. The average molecular weight is 305 g/mol. The molecule has 0 spiro atoms. The molecular formula is C19H15NOS. The Morgan fingerprint density at radius 3 is 2.32 bits per heavy atom. The summed E-state index contributed by atoms with van der Waals surface area (Å²) in [5.74, 6) is 0. The number of aromatic nitrogens is 1. The van der Waals surface area contributed by atoms with Crippen molar-refractivity contribution >= 4 is 32.6 Å². The van der Waals surface area contributed by atoms with Gasteiger partial charge in [0.05, 0.1) is 10.8 Å². The average Bonchev–Trinajstić information content (AvgIpc) is 2.93. The van der Waals surface area contributed by atoms with E-state index in [1.165, 1.54) is 10.8 Å². The normalized spacial score (nSPS) is 12.8. The summed E-state index contributed by atoms with van der Waals surface area (Å²) in [4.78, 5) is 4.34. The second-order valence-electron chi connectivity index (χ2n) is 5.35. The first-order chi connectivity index (χ1) is 10.8. The Morgan fingerprint density at radius 2 is 1.45 bits per heavy atom. The smallest absolute Gasteiger partial charge is 0.0504 e. The van der Waals surface area contributed by atoms with Gasteiger partial charge in [0.25, 0.3) is 0 Å². The van der Waals surface area contributed by atoms with Gasteiger partial charge in [-0.3, -0.25) is 4.21 Å². The lowest BCUT2D eigenvalue weighted by Crippen LogP contribution is -1.92. The summed E-state index contributed by atoms with van der Waals surface area (Å²) in [5.41, 5.74) is 4.40. The highest BCUT2D eigenvalue weighted by atomic mass is 32.2. The number of benzene rings is 3. The molecule has 0 aliphatic rings. The number of aromatic amines is 1. The Labute approximate surface area is 131 Å². The summed E-state index contributed by atoms with van der Waals surface area (Å²) in [7, 11) is -1.02. The fraction of sp³-hybridized carbons (Fsp3) is 0.0526. The molecule has 1 aromatic heterocycles. The van der Waals surface area contributed by atoms with Gasteiger partial charge in [0, 0.05) is 33.0 Å². The highest BCUT2D eigenvalue weighted by Crippen LogP contribution is 2.36. The second-order valence-corrected chi connectivity index (χ2v) is 6.70. The SMILES string of the molecule is CS(=O)c1ccccc1-c1cccc2[nH]c3ccccc3c12. The van der Waals surface area contributed by atoms with E-state index in [1.807, 2.05) is 36.4 Å². The van der Waals surface area contributed by atoms with Crippen LogP contribution >= 0.6 is 0 Å². The van der Waals surface area contributed by atoms with E-state index in [2.05, 4.69) is 35.3 Å². The van der Waals surface area contributed by atoms with Crippen LogP contribution in [0.15, 0.2) is 71.6 Å². The van der Waals surface area contributed by atoms with E-state index in [0.717, 1.165) is 27.1 Å². The van der Waals surface area contributed by atoms with Crippen LogP contribution in [0, 0.1) is 0 Å². The minimum absolute atomic E-state index is 0.875. The quantitative estimate of drug-likeness (QED) is 0.571. The molecule has 2 nitrogen and oxygen atoms in total. The van der Waals surface area contributed by atoms with Crippen LogP contribution in [0.2, 0.25) is 0 Å². The van der Waals surface area contributed by atoms with Gasteiger partial charge in [-0.25, -0.2) is 0 Å². The molecule has 3 heteroatoms. The van der Waals surface area contributed by atoms with Crippen molar-refractivity contribution in [1.29, 1.82) is 0 Å². The molecule has 0 saturated heterocycles. The fourth-order valence-corrected chi connectivity index (χ4v) is 3.82. The van der Waals surface area contributed by atoms with Gasteiger partial charge >= 0.3 is 0 Å². The van der Waals surface area contributed by atoms with Crippen molar-refractivity contribution in [3.05, 3.63) is 66.7 Å². The number of fused-ring (bicyclic) bond motifs is 3. The maximum absolute atomic E-state index is 12.1. The molecule has 0 bridgehead atoms. The zero-order valence-electron chi connectivity index (χ0n) is 12.2. The summed E-state index contributed by atoms with van der Waals surface area (Å²) in [6.07, 6.45) is 1.73. The number of hydrogen-bond donors (Lipinski definition) is 1. The van der Waals surface area contributed by atoms with Crippen molar-refractivity contribution in [1.82, 2.24) is 4.98 Å². The molecule has 0 aliphatic carbocycles. The lowest BCUT2D eigenvalue weighted by atomic mass is 9.99. The van der Waals surface area contributed by atoms with Crippen molar-refractivity contribution in [2.75, 3.05) is 6.26 Å². The Kier molecular flexibility index (Phi) is 3.09. The van der Waals surface area contributed by atoms with Crippen molar-refractivity contribution in [3.8, 4) is 11.1 Å². The monoisotopic (exact) mass is 305 g/mol. The Bertz CT molecular complexity index is 1020. The molecule has 0 amide bonds. The van der Waals surface area contributed by atoms with Gasteiger partial charge in [0.2, 0.25) is 0 Å². The topological polar surface area (TPSA) is 32.9 Å². The van der Waals surface area contributed by atoms with E-state index in [0.29, 0.717) is 0 Å². The maximum Gasteiger partial charge on any atom is 0.0504 e. The van der Waals surface area contributed by atoms with Crippen LogP contribution in [0.25, 0.3) is 32.9 Å². The van der Waals surface area contributed by atoms with Crippen LogP contribution in [0.3, 0.4) is 0 Å². The predicted molar refractivity (Wildman–Crippen MR) is 93.6 cm³/mol. The van der Waals surface area contributed by atoms with Crippen LogP contribution in [0.1, 0.15) is 0 Å². The van der Waals surface area contributed by atoms with Crippen molar-refractivity contribution in [2.45, 2.75) is 4.90 Å². The molecule has 3 aromatic carbocycles. The third kappa shape index (κ3) is 1.97. The van der Waals surface area contributed by atoms with Gasteiger partial charge in [-0.05, 0) is 29.3 Å². The first-order valence-corrected chi connectivity index (χ1v) is 8.74. The van der Waals surface area contributed by atoms with E-state index in [4.69, 9.17) is 0 Å². The minimum atomic E-state index is -1.02. The van der Waals surface area contributed by atoms with E-state index in [9.17, 15) is 4.21 Å². The van der Waals surface area contributed by atoms with Crippen LogP contribution in [0.4, 0.5) is 0 Å². The highest BCUT2D eigenvalue weighted by molar-refractivity contribution is 7.84. The van der Waals surface area contributed by atoms with E-state index >= 15 is 0 Å². The summed E-state index contributed by atoms with van der Waals surface area (Å²) in [6.45, 7) is 0. The first-order valence-electron chi connectivity index (χ1n) is 7.18. The number of para-hydroxylation sites is 1. The molecule has 1 unspecified atom stereocenters. The molecule has 0 aliphatic heterocycles. The number of nitrogens with one attached hydrogen (secondary N) is 1. The number of H-pyrrole nitrogens is 1. The van der Waals surface area contributed by atoms with Gasteiger partial charge in [0.15, 0.2) is 0 Å². The molecule has 0 fully saturated rings. The van der Waals surface area contributed by atoms with Gasteiger partial charge in [-0.1, -0.05) is 48.5 Å². The molecule has 0 saturated carbocycles. The largest absolute Gasteiger partial charge is 0.354 e.